The highest BCUT2D eigenvalue weighted by Crippen LogP contribution is 2.12. The molecule has 0 spiro atoms. The quantitative estimate of drug-likeness (QED) is 0.662. The molecule has 0 aliphatic rings. The van der Waals surface area contributed by atoms with Crippen molar-refractivity contribution in [3.8, 4) is 0 Å². The molecule has 0 bridgehead atoms. The van der Waals surface area contributed by atoms with E-state index in [0.717, 1.165) is 6.42 Å². The topological polar surface area (TPSA) is 38.0 Å². The molecule has 0 aliphatic heterocycles. The van der Waals surface area contributed by atoms with E-state index < -0.39 is 0 Å². The molecular formula is C9H20N2S. The molecule has 1 atom stereocenters. The van der Waals surface area contributed by atoms with Crippen LogP contribution in [0.5, 0.6) is 0 Å². The van der Waals surface area contributed by atoms with Gasteiger partial charge in [-0.2, -0.15) is 0 Å². The highest BCUT2D eigenvalue weighted by Gasteiger charge is 2.14. The van der Waals surface area contributed by atoms with E-state index in [0.29, 0.717) is 23.0 Å². The van der Waals surface area contributed by atoms with Crippen LogP contribution < -0.4 is 11.1 Å². The lowest BCUT2D eigenvalue weighted by atomic mass is 9.95. The second-order valence-electron chi connectivity index (χ2n) is 3.99. The maximum absolute atomic E-state index is 5.43. The lowest BCUT2D eigenvalue weighted by Gasteiger charge is -2.24. The average molecular weight is 188 g/mol. The van der Waals surface area contributed by atoms with Gasteiger partial charge in [-0.05, 0) is 30.5 Å². The Morgan fingerprint density at radius 3 is 2.08 bits per heavy atom. The van der Waals surface area contributed by atoms with Gasteiger partial charge in [0.05, 0.1) is 0 Å². The van der Waals surface area contributed by atoms with Gasteiger partial charge in [-0.3, -0.25) is 0 Å². The molecule has 0 rings (SSSR count). The predicted octanol–water partition coefficient (Wildman–Crippen LogP) is 1.89. The summed E-state index contributed by atoms with van der Waals surface area (Å²) < 4.78 is 0. The Kier molecular flexibility index (Phi) is 5.22. The molecule has 0 aliphatic carbocycles. The van der Waals surface area contributed by atoms with E-state index in [1.54, 1.807) is 0 Å². The smallest absolute Gasteiger partial charge is 0.163 e. The molecule has 0 fully saturated rings. The van der Waals surface area contributed by atoms with Crippen molar-refractivity contribution in [2.24, 2.45) is 17.6 Å². The Morgan fingerprint density at radius 2 is 1.83 bits per heavy atom. The van der Waals surface area contributed by atoms with E-state index in [2.05, 4.69) is 33.0 Å². The maximum atomic E-state index is 5.43. The number of hydrogen-bond acceptors (Lipinski definition) is 1. The van der Waals surface area contributed by atoms with Crippen molar-refractivity contribution in [1.29, 1.82) is 0 Å². The molecule has 72 valence electrons. The summed E-state index contributed by atoms with van der Waals surface area (Å²) in [7, 11) is 0. The van der Waals surface area contributed by atoms with Crippen LogP contribution in [-0.2, 0) is 0 Å². The van der Waals surface area contributed by atoms with Crippen LogP contribution in [0.15, 0.2) is 0 Å². The molecule has 3 heteroatoms. The van der Waals surface area contributed by atoms with E-state index in [4.69, 9.17) is 18.0 Å². The SMILES string of the molecule is CC(C)CC(NC(N)=S)C(C)C. The van der Waals surface area contributed by atoms with Gasteiger partial charge in [-0.1, -0.05) is 27.7 Å². The summed E-state index contributed by atoms with van der Waals surface area (Å²) in [6.07, 6.45) is 1.12. The van der Waals surface area contributed by atoms with Gasteiger partial charge in [0.25, 0.3) is 0 Å². The van der Waals surface area contributed by atoms with Gasteiger partial charge in [-0.15, -0.1) is 0 Å². The first-order chi connectivity index (χ1) is 5.43. The number of hydrogen-bond donors (Lipinski definition) is 2. The number of nitrogens with one attached hydrogen (secondary N) is 1. The Hall–Kier alpha value is -0.310. The first-order valence-electron chi connectivity index (χ1n) is 4.49. The molecule has 0 aromatic carbocycles. The fraction of sp³-hybridized carbons (Fsp3) is 0.889. The van der Waals surface area contributed by atoms with E-state index in [1.165, 1.54) is 0 Å². The Balaban J connectivity index is 3.95. The Bertz CT molecular complexity index is 143. The van der Waals surface area contributed by atoms with Gasteiger partial charge in [0.15, 0.2) is 5.11 Å². The standard InChI is InChI=1S/C9H20N2S/c1-6(2)5-8(7(3)4)11-9(10)12/h6-8H,5H2,1-4H3,(H3,10,11,12). The van der Waals surface area contributed by atoms with Crippen molar-refractivity contribution in [1.82, 2.24) is 5.32 Å². The molecule has 0 aromatic heterocycles. The minimum atomic E-state index is 0.411. The van der Waals surface area contributed by atoms with E-state index >= 15 is 0 Å². The number of thiocarbonyl (C=S) groups is 1. The third-order valence-corrected chi connectivity index (χ3v) is 1.98. The first kappa shape index (κ1) is 11.7. The van der Waals surface area contributed by atoms with Crippen LogP contribution in [0.25, 0.3) is 0 Å². The summed E-state index contributed by atoms with van der Waals surface area (Å²) in [4.78, 5) is 0. The van der Waals surface area contributed by atoms with Gasteiger partial charge in [0.2, 0.25) is 0 Å². The minimum Gasteiger partial charge on any atom is -0.376 e. The summed E-state index contributed by atoms with van der Waals surface area (Å²) >= 11 is 4.81. The second kappa shape index (κ2) is 5.36. The molecule has 0 saturated heterocycles. The third-order valence-electron chi connectivity index (χ3n) is 1.86. The van der Waals surface area contributed by atoms with Crippen LogP contribution >= 0.6 is 12.2 Å². The molecule has 2 nitrogen and oxygen atoms in total. The second-order valence-corrected chi connectivity index (χ2v) is 4.43. The van der Waals surface area contributed by atoms with Crippen LogP contribution in [0.4, 0.5) is 0 Å². The summed E-state index contributed by atoms with van der Waals surface area (Å²) in [6.45, 7) is 8.77. The van der Waals surface area contributed by atoms with Gasteiger partial charge < -0.3 is 11.1 Å². The van der Waals surface area contributed by atoms with Gasteiger partial charge in [-0.25, -0.2) is 0 Å². The monoisotopic (exact) mass is 188 g/mol. The zero-order chi connectivity index (χ0) is 9.72. The zero-order valence-electron chi connectivity index (χ0n) is 8.42. The molecule has 0 amide bonds. The summed E-state index contributed by atoms with van der Waals surface area (Å²) in [5, 5.41) is 3.53. The maximum Gasteiger partial charge on any atom is 0.163 e. The van der Waals surface area contributed by atoms with Crippen molar-refractivity contribution in [2.45, 2.75) is 40.2 Å². The zero-order valence-corrected chi connectivity index (χ0v) is 9.24. The number of rotatable bonds is 4. The van der Waals surface area contributed by atoms with Gasteiger partial charge >= 0.3 is 0 Å². The van der Waals surface area contributed by atoms with Crippen molar-refractivity contribution < 1.29 is 0 Å². The molecule has 0 heterocycles. The van der Waals surface area contributed by atoms with Crippen LogP contribution in [0.3, 0.4) is 0 Å². The minimum absolute atomic E-state index is 0.411. The van der Waals surface area contributed by atoms with Crippen LogP contribution in [0, 0.1) is 11.8 Å². The Morgan fingerprint density at radius 1 is 1.33 bits per heavy atom. The third kappa shape index (κ3) is 5.35. The van der Waals surface area contributed by atoms with E-state index in [-0.39, 0.29) is 0 Å². The fourth-order valence-corrected chi connectivity index (χ4v) is 1.34. The molecule has 0 saturated carbocycles. The number of nitrogens with two attached hydrogens (primary N) is 1. The lowest BCUT2D eigenvalue weighted by Crippen LogP contribution is -2.42. The summed E-state index contributed by atoms with van der Waals surface area (Å²) in [5.74, 6) is 1.26. The molecule has 0 radical (unpaired) electrons. The highest BCUT2D eigenvalue weighted by atomic mass is 32.1. The van der Waals surface area contributed by atoms with Crippen LogP contribution in [0.1, 0.15) is 34.1 Å². The molecule has 1 unspecified atom stereocenters. The van der Waals surface area contributed by atoms with E-state index in [1.807, 2.05) is 0 Å². The molecule has 0 aromatic rings. The van der Waals surface area contributed by atoms with E-state index in [9.17, 15) is 0 Å². The van der Waals surface area contributed by atoms with Gasteiger partial charge in [0, 0.05) is 6.04 Å². The van der Waals surface area contributed by atoms with Crippen molar-refractivity contribution in [2.75, 3.05) is 0 Å². The average Bonchev–Trinajstić information content (AvgIpc) is 1.83. The predicted molar refractivity (Wildman–Crippen MR) is 58.0 cm³/mol. The van der Waals surface area contributed by atoms with Crippen molar-refractivity contribution >= 4 is 17.3 Å². The summed E-state index contributed by atoms with van der Waals surface area (Å²) in [6, 6.07) is 0.419. The van der Waals surface area contributed by atoms with Crippen molar-refractivity contribution in [3.05, 3.63) is 0 Å². The first-order valence-corrected chi connectivity index (χ1v) is 4.90. The van der Waals surface area contributed by atoms with Crippen LogP contribution in [0.2, 0.25) is 0 Å². The van der Waals surface area contributed by atoms with Crippen LogP contribution in [-0.4, -0.2) is 11.2 Å². The van der Waals surface area contributed by atoms with Gasteiger partial charge in [0.1, 0.15) is 0 Å². The normalized spacial score (nSPS) is 13.5. The largest absolute Gasteiger partial charge is 0.376 e. The molecule has 12 heavy (non-hydrogen) atoms. The van der Waals surface area contributed by atoms with Crippen molar-refractivity contribution in [3.63, 3.8) is 0 Å². The molecule has 3 N–H and O–H groups in total. The summed E-state index contributed by atoms with van der Waals surface area (Å²) in [5.41, 5.74) is 5.43. The highest BCUT2D eigenvalue weighted by molar-refractivity contribution is 7.80. The lowest BCUT2D eigenvalue weighted by molar-refractivity contribution is 0.378. The fourth-order valence-electron chi connectivity index (χ4n) is 1.19. The Labute approximate surface area is 80.9 Å². The molecular weight excluding hydrogens is 168 g/mol.